The van der Waals surface area contributed by atoms with E-state index in [-0.39, 0.29) is 12.0 Å². The molecule has 1 N–H and O–H groups in total. The summed E-state index contributed by atoms with van der Waals surface area (Å²) in [6.45, 7) is 7.72. The van der Waals surface area contributed by atoms with Crippen LogP contribution < -0.4 is 0 Å². The summed E-state index contributed by atoms with van der Waals surface area (Å²) in [6.07, 6.45) is 6.28. The minimum atomic E-state index is -0.275. The molecule has 0 saturated carbocycles. The van der Waals surface area contributed by atoms with Gasteiger partial charge in [-0.1, -0.05) is 0 Å². The van der Waals surface area contributed by atoms with Crippen molar-refractivity contribution in [3.05, 3.63) is 0 Å². The van der Waals surface area contributed by atoms with Gasteiger partial charge in [0.2, 0.25) is 5.91 Å². The lowest BCUT2D eigenvalue weighted by Gasteiger charge is -2.40. The first-order valence-electron chi connectivity index (χ1n) is 8.22. The summed E-state index contributed by atoms with van der Waals surface area (Å²) in [5, 5.41) is 9.58. The largest absolute Gasteiger partial charge is 0.393 e. The molecule has 2 heterocycles. The molecule has 2 saturated heterocycles. The predicted octanol–water partition coefficient (Wildman–Crippen LogP) is 2.01. The first kappa shape index (κ1) is 15.8. The molecule has 0 aliphatic carbocycles. The molecule has 0 aromatic carbocycles. The van der Waals surface area contributed by atoms with Crippen molar-refractivity contribution in [2.75, 3.05) is 13.1 Å². The fourth-order valence-corrected chi connectivity index (χ4v) is 3.93. The number of amides is 1. The van der Waals surface area contributed by atoms with Crippen LogP contribution in [0.25, 0.3) is 0 Å². The molecule has 0 aromatic heterocycles. The van der Waals surface area contributed by atoms with E-state index in [1.54, 1.807) is 0 Å². The van der Waals surface area contributed by atoms with Crippen molar-refractivity contribution >= 4 is 5.91 Å². The van der Waals surface area contributed by atoms with Gasteiger partial charge in [0, 0.05) is 18.1 Å². The van der Waals surface area contributed by atoms with Crippen LogP contribution in [0.2, 0.25) is 0 Å². The van der Waals surface area contributed by atoms with Gasteiger partial charge in [-0.25, -0.2) is 0 Å². The fraction of sp³-hybridized carbons (Fsp3) is 0.938. The summed E-state index contributed by atoms with van der Waals surface area (Å²) in [4.78, 5) is 17.0. The first-order valence-corrected chi connectivity index (χ1v) is 8.22. The number of aliphatic hydroxyl groups excluding tert-OH is 1. The zero-order valence-corrected chi connectivity index (χ0v) is 13.2. The average molecular weight is 282 g/mol. The molecule has 0 bridgehead atoms. The van der Waals surface area contributed by atoms with E-state index >= 15 is 0 Å². The van der Waals surface area contributed by atoms with E-state index in [2.05, 4.69) is 23.6 Å². The van der Waals surface area contributed by atoms with E-state index in [0.29, 0.717) is 24.7 Å². The highest BCUT2D eigenvalue weighted by molar-refractivity contribution is 5.79. The molecule has 20 heavy (non-hydrogen) atoms. The maximum Gasteiger partial charge on any atom is 0.237 e. The lowest BCUT2D eigenvalue weighted by Crippen LogP contribution is -2.51. The van der Waals surface area contributed by atoms with Crippen molar-refractivity contribution in [2.45, 2.75) is 83.5 Å². The molecule has 4 unspecified atom stereocenters. The Labute approximate surface area is 123 Å². The zero-order valence-electron chi connectivity index (χ0n) is 13.2. The van der Waals surface area contributed by atoms with Crippen LogP contribution in [0, 0.1) is 0 Å². The van der Waals surface area contributed by atoms with Gasteiger partial charge in [0.05, 0.1) is 12.6 Å². The number of hydrogen-bond acceptors (Lipinski definition) is 3. The summed E-state index contributed by atoms with van der Waals surface area (Å²) in [5.41, 5.74) is 0. The summed E-state index contributed by atoms with van der Waals surface area (Å²) >= 11 is 0. The quantitative estimate of drug-likeness (QED) is 0.858. The van der Waals surface area contributed by atoms with E-state index < -0.39 is 0 Å². The van der Waals surface area contributed by atoms with Crippen LogP contribution >= 0.6 is 0 Å². The van der Waals surface area contributed by atoms with Gasteiger partial charge in [0.15, 0.2) is 0 Å². The highest BCUT2D eigenvalue weighted by atomic mass is 16.3. The molecule has 116 valence electrons. The van der Waals surface area contributed by atoms with Crippen molar-refractivity contribution in [1.82, 2.24) is 9.80 Å². The van der Waals surface area contributed by atoms with Crippen molar-refractivity contribution in [3.8, 4) is 0 Å². The van der Waals surface area contributed by atoms with Crippen molar-refractivity contribution < 1.29 is 9.90 Å². The number of piperidine rings is 1. The third kappa shape index (κ3) is 3.73. The Morgan fingerprint density at radius 2 is 1.85 bits per heavy atom. The summed E-state index contributed by atoms with van der Waals surface area (Å²) in [7, 11) is 0. The van der Waals surface area contributed by atoms with Gasteiger partial charge in [-0.2, -0.15) is 0 Å². The molecule has 0 spiro atoms. The molecule has 0 radical (unpaired) electrons. The number of carbonyl (C=O) groups is 1. The van der Waals surface area contributed by atoms with Crippen LogP contribution in [0.1, 0.15) is 59.3 Å². The fourth-order valence-electron chi connectivity index (χ4n) is 3.93. The van der Waals surface area contributed by atoms with Gasteiger partial charge in [-0.3, -0.25) is 9.69 Å². The standard InChI is InChI=1S/C16H30N2O2/c1-12-6-4-7-13(2)18(12)16(20)11-17-9-5-8-15(17)10-14(3)19/h12-15,19H,4-11H2,1-3H3. The normalized spacial score (nSPS) is 33.4. The lowest BCUT2D eigenvalue weighted by molar-refractivity contribution is -0.138. The third-order valence-electron chi connectivity index (χ3n) is 4.93. The Bertz CT molecular complexity index is 322. The summed E-state index contributed by atoms with van der Waals surface area (Å²) in [6, 6.07) is 1.14. The molecular formula is C16H30N2O2. The zero-order chi connectivity index (χ0) is 14.7. The summed E-state index contributed by atoms with van der Waals surface area (Å²) in [5.74, 6) is 0.280. The second kappa shape index (κ2) is 6.90. The Kier molecular flexibility index (Phi) is 5.44. The molecule has 4 nitrogen and oxygen atoms in total. The maximum absolute atomic E-state index is 12.6. The van der Waals surface area contributed by atoms with E-state index in [0.717, 1.165) is 38.6 Å². The summed E-state index contributed by atoms with van der Waals surface area (Å²) < 4.78 is 0. The average Bonchev–Trinajstić information content (AvgIpc) is 2.75. The topological polar surface area (TPSA) is 43.8 Å². The molecular weight excluding hydrogens is 252 g/mol. The molecule has 2 fully saturated rings. The minimum Gasteiger partial charge on any atom is -0.393 e. The molecule has 2 rings (SSSR count). The number of carbonyl (C=O) groups excluding carboxylic acids is 1. The maximum atomic E-state index is 12.6. The lowest BCUT2D eigenvalue weighted by atomic mass is 9.97. The van der Waals surface area contributed by atoms with Crippen LogP contribution in [0.5, 0.6) is 0 Å². The van der Waals surface area contributed by atoms with Crippen LogP contribution in [-0.4, -0.2) is 58.1 Å². The third-order valence-corrected chi connectivity index (χ3v) is 4.93. The smallest absolute Gasteiger partial charge is 0.237 e. The van der Waals surface area contributed by atoms with Gasteiger partial charge in [0.25, 0.3) is 0 Å². The Morgan fingerprint density at radius 3 is 2.45 bits per heavy atom. The number of nitrogens with zero attached hydrogens (tertiary/aromatic N) is 2. The highest BCUT2D eigenvalue weighted by Crippen LogP contribution is 2.25. The minimum absolute atomic E-state index is 0.275. The second-order valence-electron chi connectivity index (χ2n) is 6.78. The Morgan fingerprint density at radius 1 is 1.20 bits per heavy atom. The van der Waals surface area contributed by atoms with Crippen LogP contribution in [-0.2, 0) is 4.79 Å². The number of likely N-dealkylation sites (tertiary alicyclic amines) is 2. The van der Waals surface area contributed by atoms with Gasteiger partial charge < -0.3 is 10.0 Å². The number of rotatable bonds is 4. The number of hydrogen-bond donors (Lipinski definition) is 1. The molecule has 2 aliphatic heterocycles. The van der Waals surface area contributed by atoms with Crippen LogP contribution in [0.4, 0.5) is 0 Å². The first-order chi connectivity index (χ1) is 9.49. The molecule has 4 heteroatoms. The predicted molar refractivity (Wildman–Crippen MR) is 80.5 cm³/mol. The van der Waals surface area contributed by atoms with E-state index in [1.165, 1.54) is 6.42 Å². The van der Waals surface area contributed by atoms with Gasteiger partial charge >= 0.3 is 0 Å². The molecule has 0 aromatic rings. The Balaban J connectivity index is 1.92. The van der Waals surface area contributed by atoms with Crippen molar-refractivity contribution in [1.29, 1.82) is 0 Å². The van der Waals surface area contributed by atoms with Crippen LogP contribution in [0.3, 0.4) is 0 Å². The Hall–Kier alpha value is -0.610. The van der Waals surface area contributed by atoms with Crippen molar-refractivity contribution in [3.63, 3.8) is 0 Å². The highest BCUT2D eigenvalue weighted by Gasteiger charge is 2.33. The number of aliphatic hydroxyl groups is 1. The monoisotopic (exact) mass is 282 g/mol. The van der Waals surface area contributed by atoms with Crippen LogP contribution in [0.15, 0.2) is 0 Å². The SMILES string of the molecule is CC(O)CC1CCCN1CC(=O)N1C(C)CCCC1C. The second-order valence-corrected chi connectivity index (χ2v) is 6.78. The van der Waals surface area contributed by atoms with E-state index in [9.17, 15) is 9.90 Å². The van der Waals surface area contributed by atoms with Gasteiger partial charge in [-0.05, 0) is 65.8 Å². The molecule has 4 atom stereocenters. The van der Waals surface area contributed by atoms with E-state index in [4.69, 9.17) is 0 Å². The molecule has 1 amide bonds. The van der Waals surface area contributed by atoms with E-state index in [1.807, 2.05) is 6.92 Å². The van der Waals surface area contributed by atoms with Crippen molar-refractivity contribution in [2.24, 2.45) is 0 Å². The van der Waals surface area contributed by atoms with Gasteiger partial charge in [0.1, 0.15) is 0 Å². The van der Waals surface area contributed by atoms with Gasteiger partial charge in [-0.15, -0.1) is 0 Å². The molecule has 2 aliphatic rings.